The molecule has 0 heterocycles. The fourth-order valence-electron chi connectivity index (χ4n) is 2.15. The number of carbonyl (C=O) groups is 2. The predicted molar refractivity (Wildman–Crippen MR) is 78.7 cm³/mol. The number of carbonyl (C=O) groups excluding carboxylic acids is 2. The second-order valence-electron chi connectivity index (χ2n) is 4.48. The Hall–Kier alpha value is -1.31. The molecule has 120 valence electrons. The van der Waals surface area contributed by atoms with Crippen LogP contribution in [0.1, 0.15) is 26.7 Å². The molecule has 0 spiro atoms. The summed E-state index contributed by atoms with van der Waals surface area (Å²) in [7, 11) is 2.36. The third kappa shape index (κ3) is 4.87. The Labute approximate surface area is 131 Å². The van der Waals surface area contributed by atoms with E-state index in [1.807, 2.05) is 0 Å². The summed E-state index contributed by atoms with van der Waals surface area (Å²) in [5.41, 5.74) is 5.71. The van der Waals surface area contributed by atoms with Gasteiger partial charge in [0.2, 0.25) is 0 Å². The topological polar surface area (TPSA) is 111 Å². The summed E-state index contributed by atoms with van der Waals surface area (Å²) in [6.07, 6.45) is -0.0567. The molecule has 0 saturated heterocycles. The molecule has 0 amide bonds. The molecule has 1 atom stereocenters. The Morgan fingerprint density at radius 3 is 2.14 bits per heavy atom. The first-order valence-corrected chi connectivity index (χ1v) is 7.41. The highest BCUT2D eigenvalue weighted by atomic mass is 79.9. The van der Waals surface area contributed by atoms with Gasteiger partial charge in [0, 0.05) is 23.3 Å². The molecular formula is C12H20BrN3O5. The van der Waals surface area contributed by atoms with Gasteiger partial charge in [0.15, 0.2) is 5.41 Å². The Morgan fingerprint density at radius 2 is 1.81 bits per heavy atom. The van der Waals surface area contributed by atoms with Gasteiger partial charge in [-0.15, -0.1) is 0 Å². The van der Waals surface area contributed by atoms with Gasteiger partial charge in [-0.05, 0) is 25.8 Å². The van der Waals surface area contributed by atoms with Crippen molar-refractivity contribution in [2.45, 2.75) is 32.4 Å². The van der Waals surface area contributed by atoms with Gasteiger partial charge in [-0.25, -0.2) is 0 Å². The highest BCUT2D eigenvalue weighted by molar-refractivity contribution is 9.09. The van der Waals surface area contributed by atoms with E-state index in [1.54, 1.807) is 6.92 Å². The van der Waals surface area contributed by atoms with Crippen molar-refractivity contribution in [1.29, 1.82) is 0 Å². The fraction of sp³-hybridized carbons (Fsp3) is 0.833. The molecule has 1 unspecified atom stereocenters. The summed E-state index contributed by atoms with van der Waals surface area (Å²) in [5, 5.41) is 3.93. The summed E-state index contributed by atoms with van der Waals surface area (Å²) in [4.78, 5) is 27.1. The lowest BCUT2D eigenvalue weighted by Gasteiger charge is -2.34. The molecule has 0 aromatic rings. The number of halogens is 1. The van der Waals surface area contributed by atoms with Crippen molar-refractivity contribution >= 4 is 27.9 Å². The second-order valence-corrected chi connectivity index (χ2v) is 5.27. The van der Waals surface area contributed by atoms with E-state index in [-0.39, 0.29) is 19.4 Å². The molecule has 0 radical (unpaired) electrons. The van der Waals surface area contributed by atoms with E-state index in [2.05, 4.69) is 26.0 Å². The summed E-state index contributed by atoms with van der Waals surface area (Å²) < 4.78 is 14.9. The minimum absolute atomic E-state index is 0.121. The van der Waals surface area contributed by atoms with Crippen molar-refractivity contribution in [3.8, 4) is 0 Å². The normalized spacial score (nSPS) is 13.8. The highest BCUT2D eigenvalue weighted by Crippen LogP contribution is 2.38. The number of nitrogens with zero attached hydrogens (tertiary/aromatic N) is 3. The van der Waals surface area contributed by atoms with Crippen LogP contribution in [0, 0.1) is 5.41 Å². The van der Waals surface area contributed by atoms with Crippen molar-refractivity contribution < 1.29 is 23.8 Å². The molecule has 8 nitrogen and oxygen atoms in total. The SMILES string of the molecule is CCOC(C)(CC(CCBr)(C(=O)OC)C(=O)OC)N=[N+]=[N-]. The van der Waals surface area contributed by atoms with Gasteiger partial charge in [-0.3, -0.25) is 9.59 Å². The van der Waals surface area contributed by atoms with Crippen molar-refractivity contribution in [2.75, 3.05) is 26.2 Å². The first-order chi connectivity index (χ1) is 9.85. The van der Waals surface area contributed by atoms with Crippen LogP contribution in [0.25, 0.3) is 10.4 Å². The Balaban J connectivity index is 5.81. The zero-order chi connectivity index (χ0) is 16.5. The minimum atomic E-state index is -1.61. The molecule has 0 saturated carbocycles. The molecule has 0 bridgehead atoms. The number of ether oxygens (including phenoxy) is 3. The van der Waals surface area contributed by atoms with Gasteiger partial charge < -0.3 is 14.2 Å². The van der Waals surface area contributed by atoms with Crippen LogP contribution in [-0.2, 0) is 23.8 Å². The van der Waals surface area contributed by atoms with E-state index in [0.717, 1.165) is 0 Å². The smallest absolute Gasteiger partial charge is 0.323 e. The molecule has 0 rings (SSSR count). The van der Waals surface area contributed by atoms with Crippen molar-refractivity contribution in [2.24, 2.45) is 10.5 Å². The largest absolute Gasteiger partial charge is 0.468 e. The number of esters is 2. The van der Waals surface area contributed by atoms with Crippen LogP contribution in [0.3, 0.4) is 0 Å². The molecule has 21 heavy (non-hydrogen) atoms. The number of rotatable bonds is 9. The minimum Gasteiger partial charge on any atom is -0.468 e. The molecule has 0 N–H and O–H groups in total. The van der Waals surface area contributed by atoms with Crippen molar-refractivity contribution in [3.63, 3.8) is 0 Å². The van der Waals surface area contributed by atoms with Gasteiger partial charge in [-0.2, -0.15) is 0 Å². The van der Waals surface area contributed by atoms with Gasteiger partial charge in [0.25, 0.3) is 0 Å². The number of methoxy groups -OCH3 is 2. The number of hydrogen-bond acceptors (Lipinski definition) is 6. The number of hydrogen-bond donors (Lipinski definition) is 0. The summed E-state index contributed by atoms with van der Waals surface area (Å²) in [6.45, 7) is 3.47. The van der Waals surface area contributed by atoms with Gasteiger partial charge in [0.05, 0.1) is 14.2 Å². The summed E-state index contributed by atoms with van der Waals surface area (Å²) in [6, 6.07) is 0. The molecule has 9 heteroatoms. The predicted octanol–water partition coefficient (Wildman–Crippen LogP) is 2.56. The van der Waals surface area contributed by atoms with Crippen LogP contribution in [0.15, 0.2) is 5.11 Å². The summed E-state index contributed by atoms with van der Waals surface area (Å²) >= 11 is 3.21. The van der Waals surface area contributed by atoms with Crippen LogP contribution in [0.5, 0.6) is 0 Å². The highest BCUT2D eigenvalue weighted by Gasteiger charge is 2.52. The Bertz CT molecular complexity index is 409. The number of alkyl halides is 1. The van der Waals surface area contributed by atoms with E-state index in [1.165, 1.54) is 21.1 Å². The monoisotopic (exact) mass is 365 g/mol. The maximum absolute atomic E-state index is 12.2. The van der Waals surface area contributed by atoms with E-state index in [4.69, 9.17) is 19.7 Å². The van der Waals surface area contributed by atoms with E-state index >= 15 is 0 Å². The molecule has 0 aromatic carbocycles. The zero-order valence-corrected chi connectivity index (χ0v) is 14.2. The second kappa shape index (κ2) is 8.86. The van der Waals surface area contributed by atoms with E-state index < -0.39 is 23.1 Å². The standard InChI is InChI=1S/C12H20BrN3O5/c1-5-21-11(2,15-16-14)8-12(6-7-13,9(17)19-3)10(18)20-4/h5-8H2,1-4H3. The van der Waals surface area contributed by atoms with Crippen LogP contribution in [-0.4, -0.2) is 43.8 Å². The van der Waals surface area contributed by atoms with E-state index in [9.17, 15) is 9.59 Å². The molecular weight excluding hydrogens is 346 g/mol. The Morgan fingerprint density at radius 1 is 1.29 bits per heavy atom. The first-order valence-electron chi connectivity index (χ1n) is 6.28. The van der Waals surface area contributed by atoms with Crippen molar-refractivity contribution in [3.05, 3.63) is 10.4 Å². The van der Waals surface area contributed by atoms with Gasteiger partial charge in [0.1, 0.15) is 5.72 Å². The maximum atomic E-state index is 12.2. The fourth-order valence-corrected chi connectivity index (χ4v) is 2.83. The lowest BCUT2D eigenvalue weighted by Crippen LogP contribution is -2.47. The lowest BCUT2D eigenvalue weighted by atomic mass is 9.78. The molecule has 0 aliphatic heterocycles. The average Bonchev–Trinajstić information content (AvgIpc) is 2.45. The maximum Gasteiger partial charge on any atom is 0.323 e. The summed E-state index contributed by atoms with van der Waals surface area (Å²) in [5.74, 6) is -1.51. The van der Waals surface area contributed by atoms with Crippen LogP contribution < -0.4 is 0 Å². The van der Waals surface area contributed by atoms with Crippen LogP contribution in [0.2, 0.25) is 0 Å². The Kier molecular flexibility index (Phi) is 8.31. The number of azide groups is 1. The van der Waals surface area contributed by atoms with Gasteiger partial charge >= 0.3 is 11.9 Å². The average molecular weight is 366 g/mol. The third-order valence-corrected chi connectivity index (χ3v) is 3.41. The molecule has 0 aromatic heterocycles. The zero-order valence-electron chi connectivity index (χ0n) is 12.6. The third-order valence-electron chi connectivity index (χ3n) is 3.01. The lowest BCUT2D eigenvalue weighted by molar-refractivity contribution is -0.176. The van der Waals surface area contributed by atoms with Crippen molar-refractivity contribution in [1.82, 2.24) is 0 Å². The van der Waals surface area contributed by atoms with E-state index in [0.29, 0.717) is 5.33 Å². The first kappa shape index (κ1) is 19.7. The molecule has 0 aliphatic rings. The molecule has 0 fully saturated rings. The van der Waals surface area contributed by atoms with Gasteiger partial charge in [-0.1, -0.05) is 21.0 Å². The van der Waals surface area contributed by atoms with Crippen LogP contribution in [0.4, 0.5) is 0 Å². The quantitative estimate of drug-likeness (QED) is 0.155. The van der Waals surface area contributed by atoms with Crippen LogP contribution >= 0.6 is 15.9 Å². The molecule has 0 aliphatic carbocycles.